The van der Waals surface area contributed by atoms with Crippen LogP contribution in [0.3, 0.4) is 0 Å². The van der Waals surface area contributed by atoms with Crippen molar-refractivity contribution >= 4 is 22.7 Å². The van der Waals surface area contributed by atoms with Crippen LogP contribution in [0.2, 0.25) is 0 Å². The van der Waals surface area contributed by atoms with Crippen LogP contribution in [0, 0.1) is 6.92 Å². The lowest BCUT2D eigenvalue weighted by Crippen LogP contribution is -2.11. The molecule has 2 aromatic carbocycles. The molecule has 8 nitrogen and oxygen atoms in total. The third-order valence-corrected chi connectivity index (χ3v) is 4.44. The normalized spacial score (nSPS) is 11.0. The summed E-state index contributed by atoms with van der Waals surface area (Å²) in [5.41, 5.74) is 3.66. The Morgan fingerprint density at radius 2 is 1.93 bits per heavy atom. The van der Waals surface area contributed by atoms with E-state index in [1.807, 2.05) is 24.3 Å². The quantitative estimate of drug-likeness (QED) is 0.476. The van der Waals surface area contributed by atoms with Crippen LogP contribution in [0.1, 0.15) is 16.2 Å². The third-order valence-electron chi connectivity index (χ3n) is 4.44. The van der Waals surface area contributed by atoms with Crippen molar-refractivity contribution in [1.82, 2.24) is 20.1 Å². The summed E-state index contributed by atoms with van der Waals surface area (Å²) in [5.74, 6) is 1.07. The molecule has 0 fully saturated rings. The molecule has 0 saturated carbocycles. The Labute approximate surface area is 170 Å². The van der Waals surface area contributed by atoms with Gasteiger partial charge in [-0.3, -0.25) is 9.78 Å². The zero-order chi connectivity index (χ0) is 20.5. The van der Waals surface area contributed by atoms with Crippen molar-refractivity contribution in [1.29, 1.82) is 0 Å². The molecule has 146 valence electrons. The maximum Gasteiger partial charge on any atom is 0.255 e. The molecule has 0 aliphatic heterocycles. The molecule has 1 amide bonds. The van der Waals surface area contributed by atoms with Crippen molar-refractivity contribution < 1.29 is 13.7 Å². The first-order valence-electron chi connectivity index (χ1n) is 9.20. The van der Waals surface area contributed by atoms with E-state index in [0.29, 0.717) is 51.2 Å². The lowest BCUT2D eigenvalue weighted by Gasteiger charge is -2.06. The van der Waals surface area contributed by atoms with Gasteiger partial charge in [-0.2, -0.15) is 4.98 Å². The summed E-state index contributed by atoms with van der Waals surface area (Å²) in [6.07, 6.45) is 1.68. The zero-order valence-corrected chi connectivity index (χ0v) is 15.9. The Morgan fingerprint density at radius 1 is 1.00 bits per heavy atom. The molecule has 0 spiro atoms. The molecule has 0 atom stereocenters. The van der Waals surface area contributed by atoms with E-state index in [4.69, 9.17) is 8.94 Å². The maximum absolute atomic E-state index is 12.7. The van der Waals surface area contributed by atoms with Gasteiger partial charge in [-0.15, -0.1) is 0 Å². The fourth-order valence-electron chi connectivity index (χ4n) is 3.02. The van der Waals surface area contributed by atoms with E-state index in [0.717, 1.165) is 0 Å². The summed E-state index contributed by atoms with van der Waals surface area (Å²) >= 11 is 0. The van der Waals surface area contributed by atoms with Crippen molar-refractivity contribution in [3.63, 3.8) is 0 Å². The first kappa shape index (κ1) is 17.7. The lowest BCUT2D eigenvalue weighted by atomic mass is 10.1. The summed E-state index contributed by atoms with van der Waals surface area (Å²) in [6, 6.07) is 17.8. The number of pyridine rings is 1. The number of oxazole rings is 1. The number of rotatable bonds is 4. The number of aromatic nitrogens is 4. The molecule has 0 unspecified atom stereocenters. The summed E-state index contributed by atoms with van der Waals surface area (Å²) in [7, 11) is 0. The van der Waals surface area contributed by atoms with Crippen LogP contribution in [-0.2, 0) is 0 Å². The number of amides is 1. The van der Waals surface area contributed by atoms with Gasteiger partial charge in [-0.1, -0.05) is 23.4 Å². The molecule has 0 aliphatic rings. The standard InChI is InChI=1S/C22H15N5O3/c1-13-24-20(27-30-13)14-5-4-6-15(11-14)21(28)25-16-8-9-17-19(12-16)29-22(26-17)18-7-2-3-10-23-18/h2-12H,1H3,(H,25,28). The molecule has 0 aliphatic carbocycles. The number of fused-ring (bicyclic) bond motifs is 1. The molecular formula is C22H15N5O3. The first-order chi connectivity index (χ1) is 14.7. The highest BCUT2D eigenvalue weighted by atomic mass is 16.5. The SMILES string of the molecule is Cc1nc(-c2cccc(C(=O)Nc3ccc4nc(-c5ccccn5)oc4c3)c2)no1. The number of carbonyl (C=O) groups is 1. The molecule has 3 heterocycles. The molecule has 8 heteroatoms. The number of hydrogen-bond acceptors (Lipinski definition) is 7. The van der Waals surface area contributed by atoms with Gasteiger partial charge in [0, 0.05) is 36.0 Å². The fourth-order valence-corrected chi connectivity index (χ4v) is 3.02. The van der Waals surface area contributed by atoms with Crippen molar-refractivity contribution in [3.8, 4) is 23.0 Å². The zero-order valence-electron chi connectivity index (χ0n) is 15.9. The van der Waals surface area contributed by atoms with Crippen LogP contribution in [0.15, 0.2) is 75.8 Å². The number of nitrogens with one attached hydrogen (secondary N) is 1. The molecule has 0 bridgehead atoms. The van der Waals surface area contributed by atoms with Crippen LogP contribution in [-0.4, -0.2) is 26.0 Å². The second-order valence-electron chi connectivity index (χ2n) is 6.59. The van der Waals surface area contributed by atoms with Gasteiger partial charge in [0.05, 0.1) is 0 Å². The third kappa shape index (κ3) is 3.42. The van der Waals surface area contributed by atoms with Gasteiger partial charge in [0.25, 0.3) is 5.91 Å². The summed E-state index contributed by atoms with van der Waals surface area (Å²) < 4.78 is 10.8. The minimum atomic E-state index is -0.263. The highest BCUT2D eigenvalue weighted by Gasteiger charge is 2.13. The van der Waals surface area contributed by atoms with Crippen LogP contribution < -0.4 is 5.32 Å². The van der Waals surface area contributed by atoms with E-state index in [1.165, 1.54) is 0 Å². The van der Waals surface area contributed by atoms with E-state index < -0.39 is 0 Å². The van der Waals surface area contributed by atoms with Crippen LogP contribution in [0.25, 0.3) is 34.1 Å². The van der Waals surface area contributed by atoms with E-state index >= 15 is 0 Å². The minimum Gasteiger partial charge on any atom is -0.435 e. The molecule has 3 aromatic heterocycles. The van der Waals surface area contributed by atoms with Gasteiger partial charge >= 0.3 is 0 Å². The van der Waals surface area contributed by atoms with E-state index in [9.17, 15) is 4.79 Å². The van der Waals surface area contributed by atoms with Gasteiger partial charge in [0.15, 0.2) is 5.58 Å². The summed E-state index contributed by atoms with van der Waals surface area (Å²) in [6.45, 7) is 1.71. The van der Waals surface area contributed by atoms with E-state index in [2.05, 4.69) is 25.4 Å². The molecular weight excluding hydrogens is 382 g/mol. The van der Waals surface area contributed by atoms with Crippen LogP contribution in [0.4, 0.5) is 5.69 Å². The predicted molar refractivity (Wildman–Crippen MR) is 110 cm³/mol. The highest BCUT2D eigenvalue weighted by molar-refractivity contribution is 6.05. The Bertz CT molecular complexity index is 1360. The molecule has 30 heavy (non-hydrogen) atoms. The van der Waals surface area contributed by atoms with Crippen molar-refractivity contribution in [2.45, 2.75) is 6.92 Å². The molecule has 0 saturated heterocycles. The largest absolute Gasteiger partial charge is 0.435 e. The van der Waals surface area contributed by atoms with Crippen molar-refractivity contribution in [3.05, 3.63) is 78.3 Å². The van der Waals surface area contributed by atoms with Crippen LogP contribution in [0.5, 0.6) is 0 Å². The van der Waals surface area contributed by atoms with Gasteiger partial charge < -0.3 is 14.3 Å². The first-order valence-corrected chi connectivity index (χ1v) is 9.20. The number of aryl methyl sites for hydroxylation is 1. The average Bonchev–Trinajstić information content (AvgIpc) is 3.40. The molecule has 5 rings (SSSR count). The second-order valence-corrected chi connectivity index (χ2v) is 6.59. The van der Waals surface area contributed by atoms with Crippen molar-refractivity contribution in [2.24, 2.45) is 0 Å². The van der Waals surface area contributed by atoms with Gasteiger partial charge in [0.1, 0.15) is 11.2 Å². The summed E-state index contributed by atoms with van der Waals surface area (Å²) in [4.78, 5) is 25.6. The van der Waals surface area contributed by atoms with Crippen molar-refractivity contribution in [2.75, 3.05) is 5.32 Å². The van der Waals surface area contributed by atoms with E-state index in [-0.39, 0.29) is 5.91 Å². The predicted octanol–water partition coefficient (Wildman–Crippen LogP) is 4.50. The Morgan fingerprint density at radius 3 is 2.73 bits per heavy atom. The highest BCUT2D eigenvalue weighted by Crippen LogP contribution is 2.25. The lowest BCUT2D eigenvalue weighted by molar-refractivity contribution is 0.102. The molecule has 1 N–H and O–H groups in total. The maximum atomic E-state index is 12.7. The second kappa shape index (κ2) is 7.25. The smallest absolute Gasteiger partial charge is 0.255 e. The number of hydrogen-bond donors (Lipinski definition) is 1. The fraction of sp³-hybridized carbons (Fsp3) is 0.0455. The van der Waals surface area contributed by atoms with E-state index in [1.54, 1.807) is 49.5 Å². The van der Waals surface area contributed by atoms with Crippen LogP contribution >= 0.6 is 0 Å². The Balaban J connectivity index is 1.39. The Hall–Kier alpha value is -4.33. The summed E-state index contributed by atoms with van der Waals surface area (Å²) in [5, 5.41) is 6.77. The minimum absolute atomic E-state index is 0.263. The van der Waals surface area contributed by atoms with Gasteiger partial charge in [0.2, 0.25) is 17.6 Å². The number of nitrogens with zero attached hydrogens (tertiary/aromatic N) is 4. The molecule has 5 aromatic rings. The number of anilines is 1. The van der Waals surface area contributed by atoms with Gasteiger partial charge in [-0.25, -0.2) is 4.98 Å². The number of benzene rings is 2. The number of carbonyl (C=O) groups excluding carboxylic acids is 1. The topological polar surface area (TPSA) is 107 Å². The molecule has 0 radical (unpaired) electrons. The monoisotopic (exact) mass is 397 g/mol. The van der Waals surface area contributed by atoms with Gasteiger partial charge in [-0.05, 0) is 36.4 Å². The Kier molecular flexibility index (Phi) is 4.29. The average molecular weight is 397 g/mol.